The molecule has 2 aromatic heterocycles. The van der Waals surface area contributed by atoms with Crippen LogP contribution in [-0.2, 0) is 16.1 Å². The number of nitrogens with zero attached hydrogens (tertiary/aromatic N) is 3. The number of pyridine rings is 1. The van der Waals surface area contributed by atoms with Crippen molar-refractivity contribution >= 4 is 17.6 Å². The molecule has 2 aromatic rings. The number of hydrogen-bond donors (Lipinski definition) is 2. The summed E-state index contributed by atoms with van der Waals surface area (Å²) in [6.07, 6.45) is 3.51. The van der Waals surface area contributed by atoms with Crippen molar-refractivity contribution in [1.29, 1.82) is 0 Å². The maximum atomic E-state index is 11.7. The molecule has 2 rings (SSSR count). The summed E-state index contributed by atoms with van der Waals surface area (Å²) in [5.74, 6) is -0.190. The predicted octanol–water partition coefficient (Wildman–Crippen LogP) is 0.650. The summed E-state index contributed by atoms with van der Waals surface area (Å²) in [5.41, 5.74) is 0.767. The van der Waals surface area contributed by atoms with E-state index in [2.05, 4.69) is 20.6 Å². The van der Waals surface area contributed by atoms with E-state index < -0.39 is 11.8 Å². The second kappa shape index (κ2) is 6.65. The lowest BCUT2D eigenvalue weighted by Gasteiger charge is -2.07. The average Bonchev–Trinajstić information content (AvgIpc) is 2.84. The van der Waals surface area contributed by atoms with Crippen LogP contribution in [0.1, 0.15) is 11.5 Å². The molecule has 110 valence electrons. The van der Waals surface area contributed by atoms with Gasteiger partial charge in [0, 0.05) is 31.2 Å². The van der Waals surface area contributed by atoms with Gasteiger partial charge in [-0.25, -0.2) is 9.97 Å². The summed E-state index contributed by atoms with van der Waals surface area (Å²) in [5, 5.41) is 5.01. The van der Waals surface area contributed by atoms with Crippen molar-refractivity contribution in [3.8, 4) is 0 Å². The van der Waals surface area contributed by atoms with E-state index in [1.807, 2.05) is 30.7 Å². The predicted molar refractivity (Wildman–Crippen MR) is 77.6 cm³/mol. The number of rotatable bonds is 4. The number of carbonyl (C=O) groups is 2. The van der Waals surface area contributed by atoms with Gasteiger partial charge in [0.15, 0.2) is 0 Å². The van der Waals surface area contributed by atoms with Crippen LogP contribution >= 0.6 is 0 Å². The Labute approximate surface area is 122 Å². The van der Waals surface area contributed by atoms with Crippen LogP contribution in [0.5, 0.6) is 0 Å². The third-order valence-electron chi connectivity index (χ3n) is 2.90. The monoisotopic (exact) mass is 287 g/mol. The molecule has 2 heterocycles. The van der Waals surface area contributed by atoms with Gasteiger partial charge in [-0.2, -0.15) is 0 Å². The van der Waals surface area contributed by atoms with Gasteiger partial charge in [0.25, 0.3) is 0 Å². The maximum Gasteiger partial charge on any atom is 0.314 e. The fourth-order valence-corrected chi connectivity index (χ4v) is 1.80. The molecular weight excluding hydrogens is 270 g/mol. The number of imidazole rings is 1. The van der Waals surface area contributed by atoms with Gasteiger partial charge in [-0.05, 0) is 26.0 Å². The highest BCUT2D eigenvalue weighted by Gasteiger charge is 2.13. The molecule has 7 nitrogen and oxygen atoms in total. The third kappa shape index (κ3) is 4.13. The molecular formula is C14H17N5O2. The van der Waals surface area contributed by atoms with Gasteiger partial charge < -0.3 is 15.2 Å². The number of aromatic nitrogens is 3. The minimum Gasteiger partial charge on any atom is -0.346 e. The van der Waals surface area contributed by atoms with Gasteiger partial charge in [0.05, 0.1) is 0 Å². The standard InChI is InChI=1S/C14H17N5O2/c1-10-4-3-5-12(17-10)18-14(21)13(20)16-7-9-19-8-6-15-11(19)2/h3-6,8H,7,9H2,1-2H3,(H,16,20)(H,17,18,21). The Morgan fingerprint density at radius 2 is 2.05 bits per heavy atom. The molecule has 2 amide bonds. The van der Waals surface area contributed by atoms with Crippen LogP contribution in [0.4, 0.5) is 5.82 Å². The van der Waals surface area contributed by atoms with Crippen molar-refractivity contribution in [1.82, 2.24) is 19.9 Å². The first kappa shape index (κ1) is 14.7. The van der Waals surface area contributed by atoms with E-state index in [1.54, 1.807) is 18.3 Å². The molecule has 0 fully saturated rings. The zero-order chi connectivity index (χ0) is 15.2. The Morgan fingerprint density at radius 3 is 2.71 bits per heavy atom. The van der Waals surface area contributed by atoms with E-state index >= 15 is 0 Å². The zero-order valence-corrected chi connectivity index (χ0v) is 12.0. The zero-order valence-electron chi connectivity index (χ0n) is 12.0. The molecule has 0 aliphatic rings. The molecule has 0 unspecified atom stereocenters. The molecule has 2 N–H and O–H groups in total. The van der Waals surface area contributed by atoms with E-state index in [4.69, 9.17) is 0 Å². The lowest BCUT2D eigenvalue weighted by atomic mass is 10.3. The topological polar surface area (TPSA) is 88.9 Å². The highest BCUT2D eigenvalue weighted by atomic mass is 16.2. The third-order valence-corrected chi connectivity index (χ3v) is 2.90. The molecule has 0 saturated carbocycles. The fraction of sp³-hybridized carbons (Fsp3) is 0.286. The normalized spacial score (nSPS) is 10.2. The highest BCUT2D eigenvalue weighted by molar-refractivity contribution is 6.39. The molecule has 0 bridgehead atoms. The van der Waals surface area contributed by atoms with Crippen LogP contribution in [0.25, 0.3) is 0 Å². The molecule has 21 heavy (non-hydrogen) atoms. The van der Waals surface area contributed by atoms with Gasteiger partial charge in [-0.3, -0.25) is 9.59 Å². The van der Waals surface area contributed by atoms with Crippen LogP contribution in [0, 0.1) is 13.8 Å². The fourth-order valence-electron chi connectivity index (χ4n) is 1.80. The maximum absolute atomic E-state index is 11.7. The molecule has 0 aromatic carbocycles. The van der Waals surface area contributed by atoms with E-state index in [1.165, 1.54) is 0 Å². The lowest BCUT2D eigenvalue weighted by molar-refractivity contribution is -0.136. The van der Waals surface area contributed by atoms with Crippen LogP contribution in [-0.4, -0.2) is 32.9 Å². The summed E-state index contributed by atoms with van der Waals surface area (Å²) >= 11 is 0. The van der Waals surface area contributed by atoms with Gasteiger partial charge in [0.1, 0.15) is 11.6 Å². The number of hydrogen-bond acceptors (Lipinski definition) is 4. The van der Waals surface area contributed by atoms with Gasteiger partial charge in [-0.1, -0.05) is 6.07 Å². The van der Waals surface area contributed by atoms with E-state index in [9.17, 15) is 9.59 Å². The summed E-state index contributed by atoms with van der Waals surface area (Å²) in [7, 11) is 0. The molecule has 0 aliphatic carbocycles. The number of amides is 2. The van der Waals surface area contributed by atoms with Crippen LogP contribution in [0.2, 0.25) is 0 Å². The molecule has 0 radical (unpaired) electrons. The van der Waals surface area contributed by atoms with Crippen molar-refractivity contribution in [2.24, 2.45) is 0 Å². The second-order valence-electron chi connectivity index (χ2n) is 4.54. The molecule has 0 atom stereocenters. The quantitative estimate of drug-likeness (QED) is 0.808. The summed E-state index contributed by atoms with van der Waals surface area (Å²) in [6, 6.07) is 5.20. The Hall–Kier alpha value is -2.70. The van der Waals surface area contributed by atoms with Crippen LogP contribution in [0.15, 0.2) is 30.6 Å². The van der Waals surface area contributed by atoms with Crippen molar-refractivity contribution in [2.45, 2.75) is 20.4 Å². The van der Waals surface area contributed by atoms with Crippen molar-refractivity contribution in [3.63, 3.8) is 0 Å². The van der Waals surface area contributed by atoms with Crippen molar-refractivity contribution in [2.75, 3.05) is 11.9 Å². The SMILES string of the molecule is Cc1cccc(NC(=O)C(=O)NCCn2ccnc2C)n1. The minimum absolute atomic E-state index is 0.352. The van der Waals surface area contributed by atoms with Crippen molar-refractivity contribution < 1.29 is 9.59 Å². The molecule has 0 spiro atoms. The number of nitrogens with one attached hydrogen (secondary N) is 2. The molecule has 7 heteroatoms. The lowest BCUT2D eigenvalue weighted by Crippen LogP contribution is -2.37. The first-order chi connectivity index (χ1) is 10.1. The first-order valence-corrected chi connectivity index (χ1v) is 6.57. The number of carbonyl (C=O) groups excluding carboxylic acids is 2. The van der Waals surface area contributed by atoms with Crippen LogP contribution in [0.3, 0.4) is 0 Å². The number of aryl methyl sites for hydroxylation is 2. The van der Waals surface area contributed by atoms with E-state index in [0.717, 1.165) is 11.5 Å². The summed E-state index contributed by atoms with van der Waals surface area (Å²) < 4.78 is 1.89. The molecule has 0 saturated heterocycles. The highest BCUT2D eigenvalue weighted by Crippen LogP contribution is 2.03. The summed E-state index contributed by atoms with van der Waals surface area (Å²) in [6.45, 7) is 4.60. The number of anilines is 1. The Balaban J connectivity index is 1.80. The average molecular weight is 287 g/mol. The summed E-state index contributed by atoms with van der Waals surface area (Å²) in [4.78, 5) is 31.6. The Kier molecular flexibility index (Phi) is 4.65. The van der Waals surface area contributed by atoms with Crippen LogP contribution < -0.4 is 10.6 Å². The minimum atomic E-state index is -0.726. The van der Waals surface area contributed by atoms with Crippen molar-refractivity contribution in [3.05, 3.63) is 42.1 Å². The van der Waals surface area contributed by atoms with Gasteiger partial charge in [-0.15, -0.1) is 0 Å². The Bertz CT molecular complexity index is 650. The largest absolute Gasteiger partial charge is 0.346 e. The Morgan fingerprint density at radius 1 is 1.24 bits per heavy atom. The van der Waals surface area contributed by atoms with E-state index in [-0.39, 0.29) is 0 Å². The second-order valence-corrected chi connectivity index (χ2v) is 4.54. The van der Waals surface area contributed by atoms with E-state index in [0.29, 0.717) is 18.9 Å². The molecule has 0 aliphatic heterocycles. The van der Waals surface area contributed by atoms with Gasteiger partial charge in [0.2, 0.25) is 0 Å². The smallest absolute Gasteiger partial charge is 0.314 e. The van der Waals surface area contributed by atoms with Gasteiger partial charge >= 0.3 is 11.8 Å². The first-order valence-electron chi connectivity index (χ1n) is 6.57.